The number of hydrogen-bond acceptors (Lipinski definition) is 5. The fourth-order valence-electron chi connectivity index (χ4n) is 2.80. The van der Waals surface area contributed by atoms with Gasteiger partial charge in [0, 0.05) is 12.7 Å². The van der Waals surface area contributed by atoms with Gasteiger partial charge in [-0.15, -0.1) is 24.5 Å². The van der Waals surface area contributed by atoms with Gasteiger partial charge < -0.3 is 10.1 Å². The number of sulfonamides is 1. The zero-order valence-corrected chi connectivity index (χ0v) is 18.9. The van der Waals surface area contributed by atoms with Crippen LogP contribution in [-0.2, 0) is 10.0 Å². The molecule has 0 saturated heterocycles. The van der Waals surface area contributed by atoms with Gasteiger partial charge in [0.1, 0.15) is 15.5 Å². The fourth-order valence-corrected chi connectivity index (χ4v) is 5.28. The zero-order chi connectivity index (χ0) is 23.7. The van der Waals surface area contributed by atoms with Crippen LogP contribution < -0.4 is 14.4 Å². The first-order chi connectivity index (χ1) is 14.9. The van der Waals surface area contributed by atoms with Gasteiger partial charge in [-0.3, -0.25) is 9.10 Å². The van der Waals surface area contributed by atoms with E-state index in [4.69, 9.17) is 0 Å². The lowest BCUT2D eigenvalue weighted by atomic mass is 10.1. The number of rotatable bonds is 6. The maximum absolute atomic E-state index is 13.2. The Kier molecular flexibility index (Phi) is 6.51. The lowest BCUT2D eigenvalue weighted by molar-refractivity contribution is -0.274. The summed E-state index contributed by atoms with van der Waals surface area (Å²) >= 11 is 0.942. The molecule has 2 aromatic carbocycles. The number of nitrogens with one attached hydrogen (secondary N) is 1. The Morgan fingerprint density at radius 2 is 1.69 bits per heavy atom. The zero-order valence-electron chi connectivity index (χ0n) is 17.2. The van der Waals surface area contributed by atoms with Crippen molar-refractivity contribution in [3.05, 3.63) is 69.9 Å². The van der Waals surface area contributed by atoms with Crippen molar-refractivity contribution in [3.63, 3.8) is 0 Å². The molecule has 170 valence electrons. The maximum atomic E-state index is 13.2. The number of hydrogen-bond donors (Lipinski definition) is 1. The summed E-state index contributed by atoms with van der Waals surface area (Å²) in [6.45, 7) is 3.78. The lowest BCUT2D eigenvalue weighted by Crippen LogP contribution is -2.28. The largest absolute Gasteiger partial charge is 0.573 e. The first-order valence-corrected chi connectivity index (χ1v) is 11.5. The summed E-state index contributed by atoms with van der Waals surface area (Å²) in [6.07, 6.45) is -4.83. The summed E-state index contributed by atoms with van der Waals surface area (Å²) < 4.78 is 68.1. The molecule has 0 radical (unpaired) electrons. The van der Waals surface area contributed by atoms with Crippen molar-refractivity contribution in [3.8, 4) is 5.75 Å². The van der Waals surface area contributed by atoms with E-state index in [-0.39, 0.29) is 15.5 Å². The molecule has 0 fully saturated rings. The number of carbonyl (C=O) groups is 1. The number of thiophene rings is 1. The van der Waals surface area contributed by atoms with E-state index >= 15 is 0 Å². The highest BCUT2D eigenvalue weighted by Crippen LogP contribution is 2.30. The van der Waals surface area contributed by atoms with Crippen LogP contribution in [0.3, 0.4) is 0 Å². The van der Waals surface area contributed by atoms with E-state index in [9.17, 15) is 26.4 Å². The molecule has 0 spiro atoms. The molecular weight excluding hydrogens is 465 g/mol. The van der Waals surface area contributed by atoms with Crippen molar-refractivity contribution in [2.45, 2.75) is 25.1 Å². The molecule has 32 heavy (non-hydrogen) atoms. The third kappa shape index (κ3) is 5.22. The molecule has 0 aliphatic heterocycles. The molecule has 1 heterocycles. The van der Waals surface area contributed by atoms with E-state index < -0.39 is 28.0 Å². The summed E-state index contributed by atoms with van der Waals surface area (Å²) in [5.41, 5.74) is 2.57. The second kappa shape index (κ2) is 8.83. The molecule has 1 N–H and O–H groups in total. The van der Waals surface area contributed by atoms with Gasteiger partial charge in [0.2, 0.25) is 0 Å². The topological polar surface area (TPSA) is 75.7 Å². The average molecular weight is 485 g/mol. The fraction of sp³-hybridized carbons (Fsp3) is 0.190. The minimum Gasteiger partial charge on any atom is -0.406 e. The summed E-state index contributed by atoms with van der Waals surface area (Å²) in [6, 6.07) is 11.1. The SMILES string of the molecule is Cc1ccc(N(C)S(=O)(=O)c2ccsc2C(=O)Nc2ccc(OC(F)(F)F)cc2)cc1C. The summed E-state index contributed by atoms with van der Waals surface area (Å²) in [4.78, 5) is 12.5. The van der Waals surface area contributed by atoms with Crippen LogP contribution in [0.15, 0.2) is 58.8 Å². The Hall–Kier alpha value is -3.05. The molecule has 0 bridgehead atoms. The molecule has 3 rings (SSSR count). The van der Waals surface area contributed by atoms with Crippen LogP contribution in [0.2, 0.25) is 0 Å². The Morgan fingerprint density at radius 1 is 1.03 bits per heavy atom. The van der Waals surface area contributed by atoms with Crippen LogP contribution in [0.25, 0.3) is 0 Å². The minimum atomic E-state index is -4.83. The van der Waals surface area contributed by atoms with E-state index in [0.29, 0.717) is 5.69 Å². The average Bonchev–Trinajstić information content (AvgIpc) is 3.21. The van der Waals surface area contributed by atoms with Gasteiger partial charge in [0.05, 0.1) is 5.69 Å². The van der Waals surface area contributed by atoms with Gasteiger partial charge in [0.15, 0.2) is 0 Å². The molecule has 0 saturated carbocycles. The van der Waals surface area contributed by atoms with E-state index in [1.54, 1.807) is 12.1 Å². The van der Waals surface area contributed by atoms with E-state index in [1.807, 2.05) is 19.9 Å². The van der Waals surface area contributed by atoms with E-state index in [2.05, 4.69) is 10.1 Å². The van der Waals surface area contributed by atoms with Crippen molar-refractivity contribution >= 4 is 38.6 Å². The first kappa shape index (κ1) is 23.6. The first-order valence-electron chi connectivity index (χ1n) is 9.19. The molecule has 3 aromatic rings. The second-order valence-electron chi connectivity index (χ2n) is 6.88. The third-order valence-electron chi connectivity index (χ3n) is 4.67. The van der Waals surface area contributed by atoms with E-state index in [0.717, 1.165) is 38.9 Å². The van der Waals surface area contributed by atoms with Crippen LogP contribution >= 0.6 is 11.3 Å². The van der Waals surface area contributed by atoms with Crippen LogP contribution in [0.4, 0.5) is 24.5 Å². The van der Waals surface area contributed by atoms with Gasteiger partial charge in [-0.25, -0.2) is 8.42 Å². The number of aryl methyl sites for hydroxylation is 2. The van der Waals surface area contributed by atoms with Crippen LogP contribution in [0.1, 0.15) is 20.8 Å². The normalized spacial score (nSPS) is 11.8. The quantitative estimate of drug-likeness (QED) is 0.512. The van der Waals surface area contributed by atoms with Crippen molar-refractivity contribution in [1.82, 2.24) is 0 Å². The Balaban J connectivity index is 1.82. The van der Waals surface area contributed by atoms with Gasteiger partial charge in [-0.05, 0) is 72.8 Å². The molecule has 0 unspecified atom stereocenters. The number of carbonyl (C=O) groups excluding carboxylic acids is 1. The van der Waals surface area contributed by atoms with Crippen molar-refractivity contribution < 1.29 is 31.1 Å². The van der Waals surface area contributed by atoms with Crippen LogP contribution in [0, 0.1) is 13.8 Å². The molecular formula is C21H19F3N2O4S2. The summed E-state index contributed by atoms with van der Waals surface area (Å²) in [7, 11) is -2.63. The van der Waals surface area contributed by atoms with Gasteiger partial charge >= 0.3 is 6.36 Å². The number of benzene rings is 2. The predicted molar refractivity (Wildman–Crippen MR) is 117 cm³/mol. The second-order valence-corrected chi connectivity index (χ2v) is 9.74. The van der Waals surface area contributed by atoms with Crippen molar-refractivity contribution in [2.75, 3.05) is 16.7 Å². The number of nitrogens with zero attached hydrogens (tertiary/aromatic N) is 1. The highest BCUT2D eigenvalue weighted by Gasteiger charge is 2.31. The number of halogens is 3. The highest BCUT2D eigenvalue weighted by atomic mass is 32.2. The van der Waals surface area contributed by atoms with Gasteiger partial charge in [-0.1, -0.05) is 6.07 Å². The maximum Gasteiger partial charge on any atom is 0.573 e. The summed E-state index contributed by atoms with van der Waals surface area (Å²) in [5, 5.41) is 3.98. The molecule has 0 atom stereocenters. The van der Waals surface area contributed by atoms with Gasteiger partial charge in [0.25, 0.3) is 15.9 Å². The molecule has 11 heteroatoms. The number of alkyl halides is 3. The van der Waals surface area contributed by atoms with Crippen LogP contribution in [-0.4, -0.2) is 27.7 Å². The van der Waals surface area contributed by atoms with Crippen LogP contribution in [0.5, 0.6) is 5.75 Å². The smallest absolute Gasteiger partial charge is 0.406 e. The molecule has 6 nitrogen and oxygen atoms in total. The Bertz CT molecular complexity index is 1240. The molecule has 1 aromatic heterocycles. The third-order valence-corrected chi connectivity index (χ3v) is 7.54. The highest BCUT2D eigenvalue weighted by molar-refractivity contribution is 7.93. The lowest BCUT2D eigenvalue weighted by Gasteiger charge is -2.20. The molecule has 0 aliphatic carbocycles. The number of amides is 1. The Morgan fingerprint density at radius 3 is 2.28 bits per heavy atom. The summed E-state index contributed by atoms with van der Waals surface area (Å²) in [5.74, 6) is -1.14. The van der Waals surface area contributed by atoms with E-state index in [1.165, 1.54) is 30.6 Å². The monoisotopic (exact) mass is 484 g/mol. The number of anilines is 2. The van der Waals surface area contributed by atoms with Gasteiger partial charge in [-0.2, -0.15) is 0 Å². The Labute approximate surface area is 187 Å². The molecule has 0 aliphatic rings. The van der Waals surface area contributed by atoms with Crippen molar-refractivity contribution in [1.29, 1.82) is 0 Å². The van der Waals surface area contributed by atoms with Crippen molar-refractivity contribution in [2.24, 2.45) is 0 Å². The molecule has 1 amide bonds. The number of ether oxygens (including phenoxy) is 1. The predicted octanol–water partition coefficient (Wildman–Crippen LogP) is 5.34. The minimum absolute atomic E-state index is 0.0451. The standard InChI is InChI=1S/C21H19F3N2O4S2/c1-13-4-7-16(12-14(13)2)26(3)32(28,29)18-10-11-31-19(18)20(27)25-15-5-8-17(9-6-15)30-21(22,23)24/h4-12H,1-3H3,(H,25,27).